The van der Waals surface area contributed by atoms with Gasteiger partial charge in [-0.25, -0.2) is 0 Å². The van der Waals surface area contributed by atoms with Crippen molar-refractivity contribution in [1.29, 1.82) is 0 Å². The quantitative estimate of drug-likeness (QED) is 0.805. The fourth-order valence-corrected chi connectivity index (χ4v) is 3.19. The van der Waals surface area contributed by atoms with Crippen molar-refractivity contribution in [2.24, 2.45) is 5.92 Å². The SMILES string of the molecule is C[C@H](CCc1ccccc1)CC(=O)N(C)C1CCN(C)CC1. The molecular formula is C19H30N2O. The van der Waals surface area contributed by atoms with Crippen molar-refractivity contribution in [2.75, 3.05) is 27.2 Å². The zero-order valence-electron chi connectivity index (χ0n) is 14.3. The Bertz CT molecular complexity index is 452. The van der Waals surface area contributed by atoms with E-state index in [9.17, 15) is 4.79 Å². The van der Waals surface area contributed by atoms with Crippen LogP contribution in [0, 0.1) is 5.92 Å². The molecule has 2 rings (SSSR count). The molecule has 3 nitrogen and oxygen atoms in total. The van der Waals surface area contributed by atoms with Crippen LogP contribution in [0.25, 0.3) is 0 Å². The average Bonchev–Trinajstić information content (AvgIpc) is 2.54. The van der Waals surface area contributed by atoms with Gasteiger partial charge >= 0.3 is 0 Å². The van der Waals surface area contributed by atoms with E-state index in [4.69, 9.17) is 0 Å². The van der Waals surface area contributed by atoms with Gasteiger partial charge in [-0.05, 0) is 57.3 Å². The van der Waals surface area contributed by atoms with Crippen molar-refractivity contribution >= 4 is 5.91 Å². The molecule has 1 aliphatic rings. The van der Waals surface area contributed by atoms with E-state index >= 15 is 0 Å². The number of rotatable bonds is 6. The number of likely N-dealkylation sites (tertiary alicyclic amines) is 1. The van der Waals surface area contributed by atoms with Gasteiger partial charge in [0.15, 0.2) is 0 Å². The molecule has 1 saturated heterocycles. The minimum atomic E-state index is 0.315. The van der Waals surface area contributed by atoms with Gasteiger partial charge in [0.05, 0.1) is 0 Å². The first-order chi connectivity index (χ1) is 10.6. The van der Waals surface area contributed by atoms with E-state index in [0.29, 0.717) is 24.3 Å². The highest BCUT2D eigenvalue weighted by Crippen LogP contribution is 2.18. The van der Waals surface area contributed by atoms with E-state index in [1.165, 1.54) is 5.56 Å². The van der Waals surface area contributed by atoms with Crippen molar-refractivity contribution < 1.29 is 4.79 Å². The van der Waals surface area contributed by atoms with Crippen molar-refractivity contribution in [3.05, 3.63) is 35.9 Å². The monoisotopic (exact) mass is 302 g/mol. The first-order valence-corrected chi connectivity index (χ1v) is 8.54. The Morgan fingerprint density at radius 2 is 1.91 bits per heavy atom. The van der Waals surface area contributed by atoms with Gasteiger partial charge < -0.3 is 9.80 Å². The number of carbonyl (C=O) groups excluding carboxylic acids is 1. The number of hydrogen-bond donors (Lipinski definition) is 0. The molecule has 0 aromatic heterocycles. The zero-order valence-corrected chi connectivity index (χ0v) is 14.3. The lowest BCUT2D eigenvalue weighted by atomic mass is 9.96. The molecule has 22 heavy (non-hydrogen) atoms. The summed E-state index contributed by atoms with van der Waals surface area (Å²) < 4.78 is 0. The van der Waals surface area contributed by atoms with E-state index in [0.717, 1.165) is 38.8 Å². The molecule has 0 bridgehead atoms. The minimum absolute atomic E-state index is 0.315. The molecule has 1 aromatic carbocycles. The molecule has 0 spiro atoms. The highest BCUT2D eigenvalue weighted by atomic mass is 16.2. The summed E-state index contributed by atoms with van der Waals surface area (Å²) in [5.74, 6) is 0.761. The van der Waals surface area contributed by atoms with Crippen LogP contribution in [-0.2, 0) is 11.2 Å². The predicted molar refractivity (Wildman–Crippen MR) is 91.8 cm³/mol. The van der Waals surface area contributed by atoms with Crippen LogP contribution in [0.2, 0.25) is 0 Å². The molecule has 1 amide bonds. The Kier molecular flexibility index (Phi) is 6.44. The first kappa shape index (κ1) is 17.0. The molecular weight excluding hydrogens is 272 g/mol. The van der Waals surface area contributed by atoms with Gasteiger partial charge in [0.25, 0.3) is 0 Å². The Balaban J connectivity index is 1.73. The van der Waals surface area contributed by atoms with Crippen LogP contribution in [-0.4, -0.2) is 48.9 Å². The van der Waals surface area contributed by atoms with Crippen LogP contribution < -0.4 is 0 Å². The standard InChI is InChI=1S/C19H30N2O/c1-16(9-10-17-7-5-4-6-8-17)15-19(22)21(3)18-11-13-20(2)14-12-18/h4-8,16,18H,9-15H2,1-3H3/t16-/m1/s1. The van der Waals surface area contributed by atoms with Gasteiger partial charge in [-0.15, -0.1) is 0 Å². The second kappa shape index (κ2) is 8.33. The first-order valence-electron chi connectivity index (χ1n) is 8.54. The molecule has 0 N–H and O–H groups in total. The summed E-state index contributed by atoms with van der Waals surface area (Å²) in [5, 5.41) is 0. The predicted octanol–water partition coefficient (Wildman–Crippen LogP) is 3.20. The maximum absolute atomic E-state index is 12.5. The number of carbonyl (C=O) groups is 1. The van der Waals surface area contributed by atoms with Gasteiger partial charge in [-0.1, -0.05) is 37.3 Å². The summed E-state index contributed by atoms with van der Waals surface area (Å²) in [6.07, 6.45) is 5.04. The second-order valence-electron chi connectivity index (χ2n) is 6.87. The molecule has 0 saturated carbocycles. The highest BCUT2D eigenvalue weighted by Gasteiger charge is 2.24. The summed E-state index contributed by atoms with van der Waals surface area (Å²) >= 11 is 0. The van der Waals surface area contributed by atoms with Gasteiger partial charge in [-0.3, -0.25) is 4.79 Å². The lowest BCUT2D eigenvalue weighted by molar-refractivity contribution is -0.133. The average molecular weight is 302 g/mol. The summed E-state index contributed by atoms with van der Waals surface area (Å²) in [6.45, 7) is 4.40. The van der Waals surface area contributed by atoms with Gasteiger partial charge in [0, 0.05) is 19.5 Å². The van der Waals surface area contributed by atoms with E-state index in [1.807, 2.05) is 18.0 Å². The van der Waals surface area contributed by atoms with Crippen LogP contribution in [0.4, 0.5) is 0 Å². The van der Waals surface area contributed by atoms with Crippen molar-refractivity contribution in [2.45, 2.75) is 45.1 Å². The molecule has 0 radical (unpaired) electrons. The number of aryl methyl sites for hydroxylation is 1. The third-order valence-electron chi connectivity index (χ3n) is 4.92. The largest absolute Gasteiger partial charge is 0.343 e. The molecule has 1 aliphatic heterocycles. The van der Waals surface area contributed by atoms with E-state index < -0.39 is 0 Å². The number of benzene rings is 1. The summed E-state index contributed by atoms with van der Waals surface area (Å²) in [6, 6.07) is 11.0. The number of piperidine rings is 1. The van der Waals surface area contributed by atoms with Crippen LogP contribution in [0.1, 0.15) is 38.2 Å². The third kappa shape index (κ3) is 5.13. The molecule has 122 valence electrons. The molecule has 1 heterocycles. The molecule has 0 unspecified atom stereocenters. The maximum atomic E-state index is 12.5. The van der Waals surface area contributed by atoms with Crippen LogP contribution in [0.3, 0.4) is 0 Å². The van der Waals surface area contributed by atoms with E-state index in [1.54, 1.807) is 0 Å². The number of hydrogen-bond acceptors (Lipinski definition) is 2. The number of nitrogens with zero attached hydrogens (tertiary/aromatic N) is 2. The fourth-order valence-electron chi connectivity index (χ4n) is 3.19. The summed E-state index contributed by atoms with van der Waals surface area (Å²) in [4.78, 5) is 16.8. The van der Waals surface area contributed by atoms with Crippen molar-refractivity contribution in [3.63, 3.8) is 0 Å². The van der Waals surface area contributed by atoms with Gasteiger partial charge in [0.1, 0.15) is 0 Å². The van der Waals surface area contributed by atoms with Crippen molar-refractivity contribution in [3.8, 4) is 0 Å². The Hall–Kier alpha value is -1.35. The fraction of sp³-hybridized carbons (Fsp3) is 0.632. The molecule has 1 aromatic rings. The maximum Gasteiger partial charge on any atom is 0.222 e. The summed E-state index contributed by atoms with van der Waals surface area (Å²) in [5.41, 5.74) is 1.37. The van der Waals surface area contributed by atoms with Crippen LogP contribution in [0.5, 0.6) is 0 Å². The molecule has 3 heteroatoms. The van der Waals surface area contributed by atoms with Gasteiger partial charge in [-0.2, -0.15) is 0 Å². The number of amides is 1. The van der Waals surface area contributed by atoms with Crippen LogP contribution >= 0.6 is 0 Å². The Morgan fingerprint density at radius 3 is 2.55 bits per heavy atom. The molecule has 0 aliphatic carbocycles. The van der Waals surface area contributed by atoms with Gasteiger partial charge in [0.2, 0.25) is 5.91 Å². The molecule has 1 atom stereocenters. The molecule has 1 fully saturated rings. The van der Waals surface area contributed by atoms with E-state index in [2.05, 4.69) is 43.1 Å². The van der Waals surface area contributed by atoms with Crippen LogP contribution in [0.15, 0.2) is 30.3 Å². The van der Waals surface area contributed by atoms with Crippen molar-refractivity contribution in [1.82, 2.24) is 9.80 Å². The Labute approximate surface area is 135 Å². The smallest absolute Gasteiger partial charge is 0.222 e. The topological polar surface area (TPSA) is 23.6 Å². The zero-order chi connectivity index (χ0) is 15.9. The van der Waals surface area contributed by atoms with E-state index in [-0.39, 0.29) is 0 Å². The normalized spacial score (nSPS) is 18.1. The lowest BCUT2D eigenvalue weighted by Gasteiger charge is -2.35. The third-order valence-corrected chi connectivity index (χ3v) is 4.92. The Morgan fingerprint density at radius 1 is 1.27 bits per heavy atom. The minimum Gasteiger partial charge on any atom is -0.343 e. The highest BCUT2D eigenvalue weighted by molar-refractivity contribution is 5.76. The lowest BCUT2D eigenvalue weighted by Crippen LogP contribution is -2.44. The summed E-state index contributed by atoms with van der Waals surface area (Å²) in [7, 11) is 4.14. The second-order valence-corrected chi connectivity index (χ2v) is 6.87.